The van der Waals surface area contributed by atoms with Crippen LogP contribution in [0, 0.1) is 11.8 Å². The summed E-state index contributed by atoms with van der Waals surface area (Å²) in [5, 5.41) is 8.22. The van der Waals surface area contributed by atoms with Crippen LogP contribution in [0.4, 0.5) is 15.3 Å². The second kappa shape index (κ2) is 18.1. The summed E-state index contributed by atoms with van der Waals surface area (Å²) in [6, 6.07) is 12.9. The molecule has 14 nitrogen and oxygen atoms in total. The molecule has 3 aliphatic heterocycles. The van der Waals surface area contributed by atoms with Crippen LogP contribution < -0.4 is 20.7 Å². The molecule has 3 heterocycles. The molecule has 5 amide bonds. The highest BCUT2D eigenvalue weighted by Crippen LogP contribution is 2.30. The van der Waals surface area contributed by atoms with Gasteiger partial charge < -0.3 is 40.0 Å². The van der Waals surface area contributed by atoms with Crippen molar-refractivity contribution in [1.82, 2.24) is 20.4 Å². The summed E-state index contributed by atoms with van der Waals surface area (Å²) < 4.78 is 15.5. The summed E-state index contributed by atoms with van der Waals surface area (Å²) >= 11 is 0. The molecule has 0 radical (unpaired) electrons. The number of likely N-dealkylation sites (tertiary alicyclic amines) is 2. The van der Waals surface area contributed by atoms with Crippen molar-refractivity contribution in [2.24, 2.45) is 16.8 Å². The average Bonchev–Trinajstić information content (AvgIpc) is 3.96. The van der Waals surface area contributed by atoms with Gasteiger partial charge in [-0.2, -0.15) is 0 Å². The van der Waals surface area contributed by atoms with Gasteiger partial charge in [0.2, 0.25) is 17.7 Å². The van der Waals surface area contributed by atoms with Crippen molar-refractivity contribution in [2.45, 2.75) is 90.6 Å². The molecule has 0 saturated carbocycles. The number of carbonyl (C=O) groups is 5. The highest BCUT2D eigenvalue weighted by atomic mass is 16.5. The van der Waals surface area contributed by atoms with Gasteiger partial charge in [0.05, 0.1) is 26.0 Å². The molecule has 2 aromatic rings. The lowest BCUT2D eigenvalue weighted by atomic mass is 10.0. The zero-order valence-electron chi connectivity index (χ0n) is 31.9. The SMILES string of the molecule is COC(=O)N[C@H](C(=O)N1CCC[C@H]1C(=O)Nc1ccc(COc2ccc(C3=CCC([C@@H]4CCCN4C(=O)[C@@H](NC(=O)OC)C(C)C)=N3)cc2)cc1)C(C)C. The Morgan fingerprint density at radius 2 is 1.35 bits per heavy atom. The second-order valence-electron chi connectivity index (χ2n) is 14.5. The molecule has 4 atom stereocenters. The zero-order valence-corrected chi connectivity index (χ0v) is 31.9. The van der Waals surface area contributed by atoms with Gasteiger partial charge in [0.25, 0.3) is 0 Å². The predicted octanol–water partition coefficient (Wildman–Crippen LogP) is 5.13. The molecular weight excluding hydrogens is 692 g/mol. The maximum atomic E-state index is 13.5. The van der Waals surface area contributed by atoms with Gasteiger partial charge in [0, 0.05) is 36.5 Å². The van der Waals surface area contributed by atoms with Crippen molar-refractivity contribution >= 4 is 47.0 Å². The lowest BCUT2D eigenvalue weighted by molar-refractivity contribution is -0.139. The van der Waals surface area contributed by atoms with E-state index in [4.69, 9.17) is 14.5 Å². The number of carbonyl (C=O) groups excluding carboxylic acids is 5. The lowest BCUT2D eigenvalue weighted by Gasteiger charge is -2.30. The Morgan fingerprint density at radius 3 is 1.94 bits per heavy atom. The first-order valence-corrected chi connectivity index (χ1v) is 18.6. The first-order valence-electron chi connectivity index (χ1n) is 18.6. The van der Waals surface area contributed by atoms with Gasteiger partial charge in [-0.25, -0.2) is 9.59 Å². The Hall–Kier alpha value is -5.40. The maximum Gasteiger partial charge on any atom is 0.407 e. The van der Waals surface area contributed by atoms with Gasteiger partial charge in [-0.05, 0) is 79.5 Å². The van der Waals surface area contributed by atoms with Crippen molar-refractivity contribution in [3.8, 4) is 5.75 Å². The average molecular weight is 745 g/mol. The number of alkyl carbamates (subject to hydrolysis) is 2. The summed E-state index contributed by atoms with van der Waals surface area (Å²) in [5.41, 5.74) is 4.26. The second-order valence-corrected chi connectivity index (χ2v) is 14.5. The molecule has 3 aliphatic rings. The lowest BCUT2D eigenvalue weighted by Crippen LogP contribution is -2.54. The third kappa shape index (κ3) is 9.57. The Morgan fingerprint density at radius 1 is 0.778 bits per heavy atom. The Balaban J connectivity index is 1.12. The van der Waals surface area contributed by atoms with Crippen LogP contribution in [0.25, 0.3) is 5.70 Å². The van der Waals surface area contributed by atoms with Crippen LogP contribution in [0.2, 0.25) is 0 Å². The van der Waals surface area contributed by atoms with Gasteiger partial charge >= 0.3 is 12.2 Å². The van der Waals surface area contributed by atoms with E-state index in [-0.39, 0.29) is 35.6 Å². The number of aliphatic imine (C=N–C) groups is 1. The number of nitrogens with one attached hydrogen (secondary N) is 3. The van der Waals surface area contributed by atoms with Gasteiger partial charge in [-0.3, -0.25) is 19.4 Å². The van der Waals surface area contributed by atoms with E-state index in [0.717, 1.165) is 35.4 Å². The molecule has 5 rings (SSSR count). The Labute approximate surface area is 316 Å². The van der Waals surface area contributed by atoms with Crippen molar-refractivity contribution in [3.63, 3.8) is 0 Å². The van der Waals surface area contributed by atoms with E-state index in [0.29, 0.717) is 50.4 Å². The van der Waals surface area contributed by atoms with Crippen LogP contribution in [0.3, 0.4) is 0 Å². The fourth-order valence-electron chi connectivity index (χ4n) is 7.07. The van der Waals surface area contributed by atoms with Crippen LogP contribution >= 0.6 is 0 Å². The summed E-state index contributed by atoms with van der Waals surface area (Å²) in [7, 11) is 2.53. The highest BCUT2D eigenvalue weighted by Gasteiger charge is 2.40. The minimum atomic E-state index is -0.794. The monoisotopic (exact) mass is 744 g/mol. The minimum absolute atomic E-state index is 0.0959. The van der Waals surface area contributed by atoms with Crippen LogP contribution in [-0.2, 0) is 30.5 Å². The van der Waals surface area contributed by atoms with E-state index in [9.17, 15) is 24.0 Å². The number of rotatable bonds is 13. The third-order valence-electron chi connectivity index (χ3n) is 10.1. The van der Waals surface area contributed by atoms with Crippen molar-refractivity contribution in [2.75, 3.05) is 32.6 Å². The molecule has 54 heavy (non-hydrogen) atoms. The molecule has 14 heteroatoms. The van der Waals surface area contributed by atoms with E-state index in [1.807, 2.05) is 69.0 Å². The number of anilines is 1. The molecule has 0 aliphatic carbocycles. The molecule has 0 spiro atoms. The van der Waals surface area contributed by atoms with E-state index in [2.05, 4.69) is 26.8 Å². The number of hydrogen-bond donors (Lipinski definition) is 3. The molecule has 2 aromatic carbocycles. The topological polar surface area (TPSA) is 168 Å². The quantitative estimate of drug-likeness (QED) is 0.254. The number of ether oxygens (including phenoxy) is 3. The number of allylic oxidation sites excluding steroid dienone is 1. The van der Waals surface area contributed by atoms with Crippen LogP contribution in [0.15, 0.2) is 59.6 Å². The Bertz CT molecular complexity index is 1740. The van der Waals surface area contributed by atoms with Gasteiger partial charge in [-0.1, -0.05) is 45.9 Å². The Kier molecular flexibility index (Phi) is 13.3. The van der Waals surface area contributed by atoms with Crippen LogP contribution in [0.1, 0.15) is 70.9 Å². The van der Waals surface area contributed by atoms with Gasteiger partial charge in [0.15, 0.2) is 0 Å². The van der Waals surface area contributed by atoms with E-state index >= 15 is 0 Å². The van der Waals surface area contributed by atoms with Crippen LogP contribution in [-0.4, -0.2) is 96.9 Å². The summed E-state index contributed by atoms with van der Waals surface area (Å²) in [6.45, 7) is 8.84. The van der Waals surface area contributed by atoms with Crippen LogP contribution in [0.5, 0.6) is 5.75 Å². The van der Waals surface area contributed by atoms with Crippen molar-refractivity contribution in [3.05, 3.63) is 65.7 Å². The smallest absolute Gasteiger partial charge is 0.407 e. The summed E-state index contributed by atoms with van der Waals surface area (Å²) in [5.74, 6) is -0.287. The summed E-state index contributed by atoms with van der Waals surface area (Å²) in [6.07, 6.45) is 4.34. The van der Waals surface area contributed by atoms with E-state index in [1.165, 1.54) is 14.2 Å². The largest absolute Gasteiger partial charge is 0.489 e. The summed E-state index contributed by atoms with van der Waals surface area (Å²) in [4.78, 5) is 72.1. The molecule has 2 saturated heterocycles. The zero-order chi connectivity index (χ0) is 38.9. The minimum Gasteiger partial charge on any atom is -0.489 e. The van der Waals surface area contributed by atoms with Gasteiger partial charge in [0.1, 0.15) is 30.5 Å². The maximum absolute atomic E-state index is 13.5. The highest BCUT2D eigenvalue weighted by molar-refractivity contribution is 6.02. The van der Waals surface area contributed by atoms with Crippen molar-refractivity contribution in [1.29, 1.82) is 0 Å². The van der Waals surface area contributed by atoms with Crippen molar-refractivity contribution < 1.29 is 38.2 Å². The molecule has 3 N–H and O–H groups in total. The molecule has 290 valence electrons. The normalized spacial score (nSPS) is 19.2. The molecule has 2 fully saturated rings. The first kappa shape index (κ1) is 39.8. The molecule has 0 aromatic heterocycles. The third-order valence-corrected chi connectivity index (χ3v) is 10.1. The molecule has 0 unspecified atom stereocenters. The number of amides is 5. The number of hydrogen-bond acceptors (Lipinski definition) is 9. The molecular formula is C40H52N6O8. The number of methoxy groups -OCH3 is 2. The fraction of sp³-hybridized carbons (Fsp3) is 0.500. The predicted molar refractivity (Wildman–Crippen MR) is 204 cm³/mol. The first-order chi connectivity index (χ1) is 25.9. The fourth-order valence-corrected chi connectivity index (χ4v) is 7.07. The number of benzene rings is 2. The molecule has 0 bridgehead atoms. The van der Waals surface area contributed by atoms with Gasteiger partial charge in [-0.15, -0.1) is 0 Å². The number of nitrogens with zero attached hydrogens (tertiary/aromatic N) is 3. The standard InChI is InChI=1S/C40H52N6O8/c1-24(2)34(43-39(50)52-5)37(48)45-21-7-9-32(45)31-20-19-30(42-31)27-13-17-29(18-14-27)54-23-26-11-15-28(16-12-26)41-36(47)33-10-8-22-46(33)38(49)35(25(3)4)44-40(51)53-6/h11-19,24-25,32-35H,7-10,20-23H2,1-6H3,(H,41,47)(H,43,50)(H,44,51)/t32-,33-,34-,35-/m0/s1. The van der Waals surface area contributed by atoms with E-state index in [1.54, 1.807) is 17.0 Å². The van der Waals surface area contributed by atoms with E-state index < -0.39 is 30.3 Å².